The Hall–Kier alpha value is -3.32. The van der Waals surface area contributed by atoms with Gasteiger partial charge in [0.05, 0.1) is 12.8 Å². The Morgan fingerprint density at radius 3 is 2.52 bits per heavy atom. The minimum atomic E-state index is 0.648. The third-order valence-electron chi connectivity index (χ3n) is 4.45. The summed E-state index contributed by atoms with van der Waals surface area (Å²) in [6.45, 7) is 4.53. The van der Waals surface area contributed by atoms with Crippen molar-refractivity contribution in [3.8, 4) is 22.8 Å². The molecule has 0 spiro atoms. The van der Waals surface area contributed by atoms with Crippen molar-refractivity contribution < 1.29 is 4.74 Å². The quantitative estimate of drug-likeness (QED) is 0.317. The molecule has 0 aliphatic carbocycles. The van der Waals surface area contributed by atoms with Crippen LogP contribution in [0.3, 0.4) is 0 Å². The largest absolute Gasteiger partial charge is 0.497 e. The summed E-state index contributed by atoms with van der Waals surface area (Å²) in [5.74, 6) is 2.44. The Kier molecular flexibility index (Phi) is 5.76. The maximum absolute atomic E-state index is 5.24. The first kappa shape index (κ1) is 19.0. The molecule has 2 aromatic carbocycles. The number of ether oxygens (including phenoxy) is 1. The van der Waals surface area contributed by atoms with E-state index in [0.717, 1.165) is 33.7 Å². The number of hydrogen-bond donors (Lipinski definition) is 0. The lowest BCUT2D eigenvalue weighted by molar-refractivity contribution is 0.415. The molecule has 0 radical (unpaired) electrons. The fourth-order valence-electron chi connectivity index (χ4n) is 2.96. The van der Waals surface area contributed by atoms with Gasteiger partial charge in [-0.25, -0.2) is 4.68 Å². The first-order valence-corrected chi connectivity index (χ1v) is 10.2. The predicted molar refractivity (Wildman–Crippen MR) is 115 cm³/mol. The van der Waals surface area contributed by atoms with Crippen molar-refractivity contribution >= 4 is 11.8 Å². The molecule has 6 nitrogen and oxygen atoms in total. The maximum atomic E-state index is 5.24. The highest BCUT2D eigenvalue weighted by Gasteiger charge is 2.14. The summed E-state index contributed by atoms with van der Waals surface area (Å²) in [6.07, 6.45) is 5.57. The first-order valence-electron chi connectivity index (χ1n) is 9.19. The van der Waals surface area contributed by atoms with Gasteiger partial charge in [0.15, 0.2) is 11.0 Å². The monoisotopic (exact) mass is 403 g/mol. The zero-order valence-corrected chi connectivity index (χ0v) is 16.9. The van der Waals surface area contributed by atoms with E-state index in [1.165, 1.54) is 5.56 Å². The van der Waals surface area contributed by atoms with Crippen LogP contribution in [0.1, 0.15) is 5.56 Å². The number of rotatable bonds is 8. The summed E-state index contributed by atoms with van der Waals surface area (Å²) in [5, 5.41) is 13.9. The predicted octanol–water partition coefficient (Wildman–Crippen LogP) is 4.62. The zero-order valence-electron chi connectivity index (χ0n) is 16.1. The van der Waals surface area contributed by atoms with E-state index < -0.39 is 0 Å². The maximum Gasteiger partial charge on any atom is 0.192 e. The van der Waals surface area contributed by atoms with Crippen LogP contribution in [0.4, 0.5) is 0 Å². The fraction of sp³-hybridized carbons (Fsp3) is 0.136. The number of allylic oxidation sites excluding steroid dienone is 1. The lowest BCUT2D eigenvalue weighted by Gasteiger charge is -2.09. The Morgan fingerprint density at radius 2 is 1.86 bits per heavy atom. The minimum Gasteiger partial charge on any atom is -0.497 e. The number of aromatic nitrogens is 5. The van der Waals surface area contributed by atoms with Crippen molar-refractivity contribution in [2.75, 3.05) is 7.11 Å². The molecule has 29 heavy (non-hydrogen) atoms. The van der Waals surface area contributed by atoms with Gasteiger partial charge in [-0.15, -0.1) is 16.8 Å². The molecule has 0 aliphatic heterocycles. The normalized spacial score (nSPS) is 10.8. The van der Waals surface area contributed by atoms with E-state index >= 15 is 0 Å². The van der Waals surface area contributed by atoms with Crippen LogP contribution < -0.4 is 4.74 Å². The van der Waals surface area contributed by atoms with E-state index in [9.17, 15) is 0 Å². The minimum absolute atomic E-state index is 0.648. The van der Waals surface area contributed by atoms with E-state index in [4.69, 9.17) is 4.74 Å². The van der Waals surface area contributed by atoms with Gasteiger partial charge in [0.25, 0.3) is 0 Å². The summed E-state index contributed by atoms with van der Waals surface area (Å²) in [6, 6.07) is 18.1. The molecule has 0 N–H and O–H groups in total. The molecule has 4 rings (SSSR count). The summed E-state index contributed by atoms with van der Waals surface area (Å²) in [5.41, 5.74) is 3.25. The highest BCUT2D eigenvalue weighted by Crippen LogP contribution is 2.27. The third kappa shape index (κ3) is 4.25. The van der Waals surface area contributed by atoms with Crippen LogP contribution in [-0.4, -0.2) is 31.7 Å². The van der Waals surface area contributed by atoms with E-state index in [2.05, 4.69) is 50.7 Å². The Labute approximate surface area is 173 Å². The molecule has 0 saturated heterocycles. The van der Waals surface area contributed by atoms with Crippen LogP contribution in [0.25, 0.3) is 17.1 Å². The van der Waals surface area contributed by atoms with Gasteiger partial charge >= 0.3 is 0 Å². The molecular weight excluding hydrogens is 382 g/mol. The molecule has 0 bridgehead atoms. The topological polar surface area (TPSA) is 57.8 Å². The Bertz CT molecular complexity index is 1070. The molecular formula is C22H21N5OS. The van der Waals surface area contributed by atoms with E-state index in [1.54, 1.807) is 25.1 Å². The van der Waals surface area contributed by atoms with Crippen molar-refractivity contribution in [2.45, 2.75) is 17.5 Å². The van der Waals surface area contributed by atoms with Gasteiger partial charge in [-0.3, -0.25) is 4.57 Å². The summed E-state index contributed by atoms with van der Waals surface area (Å²) in [4.78, 5) is 0. The van der Waals surface area contributed by atoms with Gasteiger partial charge in [-0.2, -0.15) is 5.10 Å². The SMILES string of the molecule is C=CCn1c(SCc2ccc(-n3cccn3)cc2)nnc1-c1ccc(OC)cc1. The molecule has 7 heteroatoms. The van der Waals surface area contributed by atoms with Crippen LogP contribution in [0.5, 0.6) is 5.75 Å². The summed E-state index contributed by atoms with van der Waals surface area (Å²) < 4.78 is 9.17. The first-order chi connectivity index (χ1) is 14.3. The number of thioether (sulfide) groups is 1. The molecule has 2 heterocycles. The van der Waals surface area contributed by atoms with Crippen LogP contribution >= 0.6 is 11.8 Å². The van der Waals surface area contributed by atoms with Gasteiger partial charge in [0.2, 0.25) is 0 Å². The van der Waals surface area contributed by atoms with Gasteiger partial charge < -0.3 is 4.74 Å². The average molecular weight is 404 g/mol. The molecule has 0 amide bonds. The lowest BCUT2D eigenvalue weighted by Crippen LogP contribution is -2.01. The molecule has 4 aromatic rings. The Balaban J connectivity index is 1.51. The van der Waals surface area contributed by atoms with Crippen molar-refractivity contribution in [1.82, 2.24) is 24.5 Å². The van der Waals surface area contributed by atoms with Crippen molar-refractivity contribution in [2.24, 2.45) is 0 Å². The van der Waals surface area contributed by atoms with E-state index in [-0.39, 0.29) is 0 Å². The van der Waals surface area contributed by atoms with Crippen molar-refractivity contribution in [3.63, 3.8) is 0 Å². The van der Waals surface area contributed by atoms with Crippen molar-refractivity contribution in [1.29, 1.82) is 0 Å². The van der Waals surface area contributed by atoms with Gasteiger partial charge in [-0.1, -0.05) is 30.0 Å². The molecule has 0 atom stereocenters. The van der Waals surface area contributed by atoms with Crippen LogP contribution in [-0.2, 0) is 12.3 Å². The molecule has 0 saturated carbocycles. The number of hydrogen-bond acceptors (Lipinski definition) is 5. The number of benzene rings is 2. The molecule has 2 aromatic heterocycles. The second-order valence-corrected chi connectivity index (χ2v) is 7.28. The zero-order chi connectivity index (χ0) is 20.1. The number of nitrogens with zero attached hydrogens (tertiary/aromatic N) is 5. The third-order valence-corrected chi connectivity index (χ3v) is 5.49. The smallest absolute Gasteiger partial charge is 0.192 e. The lowest BCUT2D eigenvalue weighted by atomic mass is 10.2. The molecule has 0 fully saturated rings. The second kappa shape index (κ2) is 8.79. The van der Waals surface area contributed by atoms with Crippen LogP contribution in [0.2, 0.25) is 0 Å². The van der Waals surface area contributed by atoms with Gasteiger partial charge in [0.1, 0.15) is 5.75 Å². The van der Waals surface area contributed by atoms with Gasteiger partial charge in [0, 0.05) is 30.3 Å². The van der Waals surface area contributed by atoms with E-state index in [1.807, 2.05) is 47.3 Å². The standard InChI is InChI=1S/C22H21N5OS/c1-3-14-26-21(18-7-11-20(28-2)12-8-18)24-25-22(26)29-16-17-5-9-19(10-6-17)27-15-4-13-23-27/h3-13,15H,1,14,16H2,2H3. The summed E-state index contributed by atoms with van der Waals surface area (Å²) >= 11 is 1.66. The van der Waals surface area contributed by atoms with E-state index in [0.29, 0.717) is 6.54 Å². The average Bonchev–Trinajstić information content (AvgIpc) is 3.44. The van der Waals surface area contributed by atoms with Crippen molar-refractivity contribution in [3.05, 3.63) is 85.2 Å². The number of methoxy groups -OCH3 is 1. The molecule has 0 unspecified atom stereocenters. The highest BCUT2D eigenvalue weighted by atomic mass is 32.2. The highest BCUT2D eigenvalue weighted by molar-refractivity contribution is 7.98. The van der Waals surface area contributed by atoms with Crippen LogP contribution in [0.15, 0.2) is 84.8 Å². The van der Waals surface area contributed by atoms with Crippen LogP contribution in [0, 0.1) is 0 Å². The molecule has 146 valence electrons. The molecule has 0 aliphatic rings. The Morgan fingerprint density at radius 1 is 1.07 bits per heavy atom. The fourth-order valence-corrected chi connectivity index (χ4v) is 3.86. The summed E-state index contributed by atoms with van der Waals surface area (Å²) in [7, 11) is 1.66. The second-order valence-electron chi connectivity index (χ2n) is 6.34. The van der Waals surface area contributed by atoms with Gasteiger partial charge in [-0.05, 0) is 48.0 Å².